The molecule has 4 nitrogen and oxygen atoms in total. The summed E-state index contributed by atoms with van der Waals surface area (Å²) in [5.41, 5.74) is 5.75. The van der Waals surface area contributed by atoms with E-state index >= 15 is 0 Å². The third-order valence-corrected chi connectivity index (χ3v) is 2.33. The van der Waals surface area contributed by atoms with Gasteiger partial charge in [0.1, 0.15) is 5.82 Å². The Morgan fingerprint density at radius 3 is 2.75 bits per heavy atom. The van der Waals surface area contributed by atoms with E-state index < -0.39 is 0 Å². The first-order chi connectivity index (χ1) is 7.79. The van der Waals surface area contributed by atoms with Crippen molar-refractivity contribution in [1.82, 2.24) is 4.98 Å². The summed E-state index contributed by atoms with van der Waals surface area (Å²) in [5, 5.41) is 3.31. The quantitative estimate of drug-likeness (QED) is 0.542. The van der Waals surface area contributed by atoms with Crippen molar-refractivity contribution >= 4 is 17.2 Å². The number of para-hydroxylation sites is 1. The summed E-state index contributed by atoms with van der Waals surface area (Å²) in [6.45, 7) is 2.06. The summed E-state index contributed by atoms with van der Waals surface area (Å²) in [5.74, 6) is 5.94. The molecule has 0 saturated carbocycles. The number of nitrogens with one attached hydrogen (secondary N) is 2. The van der Waals surface area contributed by atoms with Crippen LogP contribution in [0.25, 0.3) is 0 Å². The van der Waals surface area contributed by atoms with Gasteiger partial charge in [0.2, 0.25) is 0 Å². The molecule has 0 fully saturated rings. The molecule has 16 heavy (non-hydrogen) atoms. The van der Waals surface area contributed by atoms with Gasteiger partial charge in [0, 0.05) is 23.6 Å². The van der Waals surface area contributed by atoms with Gasteiger partial charge >= 0.3 is 0 Å². The van der Waals surface area contributed by atoms with Gasteiger partial charge in [-0.3, -0.25) is 0 Å². The molecular weight excluding hydrogens is 200 g/mol. The third kappa shape index (κ3) is 2.29. The number of hydrogen-bond donors (Lipinski definition) is 3. The Labute approximate surface area is 94.5 Å². The van der Waals surface area contributed by atoms with Crippen LogP contribution in [0, 0.1) is 6.92 Å². The first kappa shape index (κ1) is 10.4. The third-order valence-electron chi connectivity index (χ3n) is 2.33. The highest BCUT2D eigenvalue weighted by Gasteiger charge is 1.98. The van der Waals surface area contributed by atoms with Crippen molar-refractivity contribution in [2.75, 3.05) is 10.7 Å². The lowest BCUT2D eigenvalue weighted by Gasteiger charge is -2.09. The second-order valence-electron chi connectivity index (χ2n) is 3.51. The number of anilines is 3. The van der Waals surface area contributed by atoms with Crippen LogP contribution in [0.15, 0.2) is 42.6 Å². The number of aryl methyl sites for hydroxylation is 1. The highest BCUT2D eigenvalue weighted by Crippen LogP contribution is 2.20. The lowest BCUT2D eigenvalue weighted by Crippen LogP contribution is -2.08. The molecule has 1 heterocycles. The predicted octanol–water partition coefficient (Wildman–Crippen LogP) is 2.42. The molecule has 4 N–H and O–H groups in total. The second kappa shape index (κ2) is 4.63. The van der Waals surface area contributed by atoms with E-state index in [9.17, 15) is 0 Å². The fourth-order valence-corrected chi connectivity index (χ4v) is 1.46. The van der Waals surface area contributed by atoms with Gasteiger partial charge in [0.15, 0.2) is 0 Å². The first-order valence-electron chi connectivity index (χ1n) is 5.05. The number of hydrogen-bond acceptors (Lipinski definition) is 4. The van der Waals surface area contributed by atoms with Crippen LogP contribution in [0.2, 0.25) is 0 Å². The van der Waals surface area contributed by atoms with Crippen LogP contribution in [-0.2, 0) is 0 Å². The molecule has 0 amide bonds. The molecule has 0 aliphatic rings. The smallest absolute Gasteiger partial charge is 0.141 e. The van der Waals surface area contributed by atoms with Crippen LogP contribution >= 0.6 is 0 Å². The molecule has 0 unspecified atom stereocenters. The Hall–Kier alpha value is -2.07. The van der Waals surface area contributed by atoms with E-state index in [1.54, 1.807) is 6.20 Å². The summed E-state index contributed by atoms with van der Waals surface area (Å²) in [6, 6.07) is 11.9. The molecule has 1 aromatic carbocycles. The van der Waals surface area contributed by atoms with Gasteiger partial charge < -0.3 is 10.7 Å². The number of aromatic nitrogens is 1. The van der Waals surface area contributed by atoms with Gasteiger partial charge in [-0.25, -0.2) is 10.8 Å². The number of nitrogen functional groups attached to an aromatic ring is 1. The van der Waals surface area contributed by atoms with E-state index in [0.717, 1.165) is 11.4 Å². The van der Waals surface area contributed by atoms with Gasteiger partial charge in [0.05, 0.1) is 0 Å². The molecule has 82 valence electrons. The minimum Gasteiger partial charge on any atom is -0.355 e. The maximum absolute atomic E-state index is 5.30. The zero-order valence-electron chi connectivity index (χ0n) is 9.07. The van der Waals surface area contributed by atoms with E-state index in [2.05, 4.69) is 28.7 Å². The van der Waals surface area contributed by atoms with Gasteiger partial charge in [0.25, 0.3) is 0 Å². The van der Waals surface area contributed by atoms with Gasteiger partial charge in [-0.05, 0) is 24.6 Å². The Kier molecular flexibility index (Phi) is 3.03. The fourth-order valence-electron chi connectivity index (χ4n) is 1.46. The van der Waals surface area contributed by atoms with Gasteiger partial charge in [-0.1, -0.05) is 18.2 Å². The molecule has 0 bridgehead atoms. The number of rotatable bonds is 3. The SMILES string of the molecule is Cc1ccccc1Nc1ccnc(NN)c1. The summed E-state index contributed by atoms with van der Waals surface area (Å²) >= 11 is 0. The van der Waals surface area contributed by atoms with E-state index in [4.69, 9.17) is 5.84 Å². The average molecular weight is 214 g/mol. The maximum Gasteiger partial charge on any atom is 0.141 e. The zero-order valence-corrected chi connectivity index (χ0v) is 9.07. The van der Waals surface area contributed by atoms with Gasteiger partial charge in [-0.2, -0.15) is 0 Å². The molecule has 0 atom stereocenters. The predicted molar refractivity (Wildman–Crippen MR) is 66.5 cm³/mol. The standard InChI is InChI=1S/C12H14N4/c1-9-4-2-3-5-11(9)15-10-6-7-14-12(8-10)16-13/h2-8H,13H2,1H3,(H2,14,15,16). The van der Waals surface area contributed by atoms with Gasteiger partial charge in [-0.15, -0.1) is 0 Å². The Balaban J connectivity index is 2.24. The van der Waals surface area contributed by atoms with Crippen molar-refractivity contribution in [3.05, 3.63) is 48.2 Å². The molecule has 1 aromatic heterocycles. The molecule has 2 rings (SSSR count). The largest absolute Gasteiger partial charge is 0.355 e. The topological polar surface area (TPSA) is 63.0 Å². The fraction of sp³-hybridized carbons (Fsp3) is 0.0833. The molecular formula is C12H14N4. The highest BCUT2D eigenvalue weighted by atomic mass is 15.2. The number of nitrogens with two attached hydrogens (primary N) is 1. The molecule has 2 aromatic rings. The molecule has 0 aliphatic carbocycles. The summed E-state index contributed by atoms with van der Waals surface area (Å²) in [4.78, 5) is 4.05. The first-order valence-corrected chi connectivity index (χ1v) is 5.05. The Bertz CT molecular complexity index is 482. The minimum absolute atomic E-state index is 0.638. The van der Waals surface area contributed by atoms with Crippen LogP contribution in [0.3, 0.4) is 0 Å². The zero-order chi connectivity index (χ0) is 11.4. The monoisotopic (exact) mass is 214 g/mol. The highest BCUT2D eigenvalue weighted by molar-refractivity contribution is 5.64. The van der Waals surface area contributed by atoms with Crippen LogP contribution in [0.1, 0.15) is 5.56 Å². The summed E-state index contributed by atoms with van der Waals surface area (Å²) in [6.07, 6.45) is 1.70. The van der Waals surface area contributed by atoms with Crippen molar-refractivity contribution < 1.29 is 0 Å². The van der Waals surface area contributed by atoms with Crippen molar-refractivity contribution in [3.63, 3.8) is 0 Å². The number of hydrazine groups is 1. The number of benzene rings is 1. The van der Waals surface area contributed by atoms with E-state index in [0.29, 0.717) is 5.82 Å². The molecule has 0 spiro atoms. The normalized spacial score (nSPS) is 9.88. The van der Waals surface area contributed by atoms with E-state index in [-0.39, 0.29) is 0 Å². The molecule has 4 heteroatoms. The van der Waals surface area contributed by atoms with Crippen molar-refractivity contribution in [1.29, 1.82) is 0 Å². The van der Waals surface area contributed by atoms with E-state index in [1.807, 2.05) is 30.3 Å². The van der Waals surface area contributed by atoms with Crippen LogP contribution in [-0.4, -0.2) is 4.98 Å². The lowest BCUT2D eigenvalue weighted by molar-refractivity contribution is 1.23. The molecule has 0 aliphatic heterocycles. The van der Waals surface area contributed by atoms with Crippen LogP contribution in [0.5, 0.6) is 0 Å². The van der Waals surface area contributed by atoms with Crippen LogP contribution < -0.4 is 16.6 Å². The van der Waals surface area contributed by atoms with Crippen molar-refractivity contribution in [2.24, 2.45) is 5.84 Å². The Morgan fingerprint density at radius 1 is 1.19 bits per heavy atom. The van der Waals surface area contributed by atoms with E-state index in [1.165, 1.54) is 5.56 Å². The maximum atomic E-state index is 5.30. The number of nitrogens with zero attached hydrogens (tertiary/aromatic N) is 1. The summed E-state index contributed by atoms with van der Waals surface area (Å²) < 4.78 is 0. The number of pyridine rings is 1. The van der Waals surface area contributed by atoms with Crippen LogP contribution in [0.4, 0.5) is 17.2 Å². The minimum atomic E-state index is 0.638. The second-order valence-corrected chi connectivity index (χ2v) is 3.51. The molecule has 0 saturated heterocycles. The summed E-state index contributed by atoms with van der Waals surface area (Å²) in [7, 11) is 0. The molecule has 0 radical (unpaired) electrons. The van der Waals surface area contributed by atoms with Crippen molar-refractivity contribution in [3.8, 4) is 0 Å². The Morgan fingerprint density at radius 2 is 2.00 bits per heavy atom. The lowest BCUT2D eigenvalue weighted by atomic mass is 10.2. The van der Waals surface area contributed by atoms with Crippen molar-refractivity contribution in [2.45, 2.75) is 6.92 Å². The average Bonchev–Trinajstić information content (AvgIpc) is 2.32.